The van der Waals surface area contributed by atoms with Crippen LogP contribution in [0, 0.1) is 0 Å². The topological polar surface area (TPSA) is 72.7 Å². The number of aromatic nitrogens is 4. The second-order valence-electron chi connectivity index (χ2n) is 5.35. The lowest BCUT2D eigenvalue weighted by atomic mass is 10.1. The number of fused-ring (bicyclic) bond motifs is 1. The molecule has 0 aliphatic heterocycles. The van der Waals surface area contributed by atoms with Gasteiger partial charge in [0.25, 0.3) is 5.91 Å². The Morgan fingerprint density at radius 2 is 1.72 bits per heavy atom. The number of halogens is 1. The summed E-state index contributed by atoms with van der Waals surface area (Å²) >= 11 is 3.39. The zero-order valence-corrected chi connectivity index (χ0v) is 14.5. The molecule has 1 N–H and O–H groups in total. The number of anilines is 1. The van der Waals surface area contributed by atoms with Crippen molar-refractivity contribution in [3.8, 4) is 5.82 Å². The minimum absolute atomic E-state index is 0.291. The largest absolute Gasteiger partial charge is 0.320 e. The average molecular weight is 394 g/mol. The van der Waals surface area contributed by atoms with Gasteiger partial charge in [0.1, 0.15) is 24.2 Å². The van der Waals surface area contributed by atoms with E-state index >= 15 is 0 Å². The van der Waals surface area contributed by atoms with E-state index in [0.717, 1.165) is 16.5 Å². The Labute approximate surface area is 151 Å². The van der Waals surface area contributed by atoms with Gasteiger partial charge >= 0.3 is 0 Å². The highest BCUT2D eigenvalue weighted by Gasteiger charge is 2.15. The Morgan fingerprint density at radius 1 is 0.960 bits per heavy atom. The van der Waals surface area contributed by atoms with Gasteiger partial charge in [-0.15, -0.1) is 10.2 Å². The first-order chi connectivity index (χ1) is 12.2. The van der Waals surface area contributed by atoms with Crippen molar-refractivity contribution in [2.75, 3.05) is 5.32 Å². The molecule has 4 aromatic rings. The highest BCUT2D eigenvalue weighted by molar-refractivity contribution is 9.10. The van der Waals surface area contributed by atoms with Gasteiger partial charge in [-0.2, -0.15) is 0 Å². The standard InChI is InChI=1S/C18H12BrN5O/c19-14-8-9-16(24-10-20-21-11-24)23-17(14)18(25)22-15-7-3-5-12-4-1-2-6-13(12)15/h1-11H,(H,22,25). The molecule has 0 unspecified atom stereocenters. The van der Waals surface area contributed by atoms with Crippen molar-refractivity contribution < 1.29 is 4.79 Å². The predicted octanol–water partition coefficient (Wildman–Crippen LogP) is 3.83. The van der Waals surface area contributed by atoms with Crippen LogP contribution < -0.4 is 5.32 Å². The molecule has 1 amide bonds. The van der Waals surface area contributed by atoms with Gasteiger partial charge in [0.2, 0.25) is 0 Å². The molecule has 0 fully saturated rings. The molecule has 0 saturated heterocycles. The Balaban J connectivity index is 1.70. The number of carbonyl (C=O) groups is 1. The lowest BCUT2D eigenvalue weighted by molar-refractivity contribution is 0.102. The molecule has 6 nitrogen and oxygen atoms in total. The number of hydrogen-bond acceptors (Lipinski definition) is 4. The van der Waals surface area contributed by atoms with Crippen molar-refractivity contribution in [2.24, 2.45) is 0 Å². The first-order valence-electron chi connectivity index (χ1n) is 7.53. The molecule has 0 aliphatic carbocycles. The number of nitrogens with one attached hydrogen (secondary N) is 1. The molecule has 2 heterocycles. The summed E-state index contributed by atoms with van der Waals surface area (Å²) in [4.78, 5) is 17.2. The second kappa shape index (κ2) is 6.45. The molecule has 122 valence electrons. The molecule has 0 atom stereocenters. The normalized spacial score (nSPS) is 10.8. The van der Waals surface area contributed by atoms with Crippen molar-refractivity contribution in [3.63, 3.8) is 0 Å². The maximum Gasteiger partial charge on any atom is 0.275 e. The smallest absolute Gasteiger partial charge is 0.275 e. The van der Waals surface area contributed by atoms with Crippen molar-refractivity contribution >= 4 is 38.3 Å². The molecule has 4 rings (SSSR count). The number of nitrogens with zero attached hydrogens (tertiary/aromatic N) is 4. The Bertz CT molecular complexity index is 1060. The van der Waals surface area contributed by atoms with Crippen LogP contribution in [0.3, 0.4) is 0 Å². The van der Waals surface area contributed by atoms with Crippen molar-refractivity contribution in [2.45, 2.75) is 0 Å². The molecule has 0 bridgehead atoms. The number of carbonyl (C=O) groups excluding carboxylic acids is 1. The summed E-state index contributed by atoms with van der Waals surface area (Å²) in [5.74, 6) is 0.273. The summed E-state index contributed by atoms with van der Waals surface area (Å²) in [6.45, 7) is 0. The van der Waals surface area contributed by atoms with Crippen LogP contribution in [0.1, 0.15) is 10.5 Å². The Morgan fingerprint density at radius 3 is 2.56 bits per heavy atom. The summed E-state index contributed by atoms with van der Waals surface area (Å²) in [6, 6.07) is 17.2. The highest BCUT2D eigenvalue weighted by Crippen LogP contribution is 2.24. The van der Waals surface area contributed by atoms with Gasteiger partial charge in [-0.05, 0) is 39.5 Å². The molecule has 0 spiro atoms. The number of amides is 1. The fourth-order valence-electron chi connectivity index (χ4n) is 2.57. The van der Waals surface area contributed by atoms with Gasteiger partial charge in [0.05, 0.1) is 0 Å². The zero-order chi connectivity index (χ0) is 17.2. The number of benzene rings is 2. The van der Waals surface area contributed by atoms with Crippen LogP contribution in [-0.4, -0.2) is 25.7 Å². The molecule has 0 saturated carbocycles. The molecule has 25 heavy (non-hydrogen) atoms. The van der Waals surface area contributed by atoms with Crippen LogP contribution in [0.15, 0.2) is 71.7 Å². The van der Waals surface area contributed by atoms with Crippen LogP contribution >= 0.6 is 15.9 Å². The number of pyridine rings is 1. The van der Waals surface area contributed by atoms with Gasteiger partial charge in [-0.1, -0.05) is 36.4 Å². The highest BCUT2D eigenvalue weighted by atomic mass is 79.9. The summed E-state index contributed by atoms with van der Waals surface area (Å²) in [7, 11) is 0. The second-order valence-corrected chi connectivity index (χ2v) is 6.20. The van der Waals surface area contributed by atoms with E-state index in [-0.39, 0.29) is 5.91 Å². The fourth-order valence-corrected chi connectivity index (χ4v) is 2.97. The third kappa shape index (κ3) is 3.01. The average Bonchev–Trinajstić information content (AvgIpc) is 3.17. The van der Waals surface area contributed by atoms with Crippen LogP contribution in [-0.2, 0) is 0 Å². The number of rotatable bonds is 3. The predicted molar refractivity (Wildman–Crippen MR) is 98.8 cm³/mol. The summed E-state index contributed by atoms with van der Waals surface area (Å²) in [6.07, 6.45) is 3.06. The molecular formula is C18H12BrN5O. The van der Waals surface area contributed by atoms with Crippen LogP contribution in [0.4, 0.5) is 5.69 Å². The molecule has 0 aliphatic rings. The summed E-state index contributed by atoms with van der Waals surface area (Å²) < 4.78 is 2.25. The van der Waals surface area contributed by atoms with Crippen molar-refractivity contribution in [3.05, 3.63) is 77.4 Å². The zero-order valence-electron chi connectivity index (χ0n) is 12.9. The third-order valence-electron chi connectivity index (χ3n) is 3.77. The number of hydrogen-bond donors (Lipinski definition) is 1. The van der Waals surface area contributed by atoms with Crippen LogP contribution in [0.5, 0.6) is 0 Å². The monoisotopic (exact) mass is 393 g/mol. The van der Waals surface area contributed by atoms with Crippen LogP contribution in [0.2, 0.25) is 0 Å². The van der Waals surface area contributed by atoms with Crippen LogP contribution in [0.25, 0.3) is 16.6 Å². The Kier molecular flexibility index (Phi) is 3.99. The van der Waals surface area contributed by atoms with Gasteiger partial charge in [0.15, 0.2) is 0 Å². The van der Waals surface area contributed by atoms with E-state index in [0.29, 0.717) is 16.0 Å². The van der Waals surface area contributed by atoms with Gasteiger partial charge in [-0.3, -0.25) is 9.36 Å². The van der Waals surface area contributed by atoms with E-state index in [2.05, 4.69) is 36.4 Å². The minimum Gasteiger partial charge on any atom is -0.320 e. The van der Waals surface area contributed by atoms with E-state index in [1.54, 1.807) is 16.7 Å². The lowest BCUT2D eigenvalue weighted by Crippen LogP contribution is -2.15. The maximum atomic E-state index is 12.8. The quantitative estimate of drug-likeness (QED) is 0.573. The van der Waals surface area contributed by atoms with E-state index in [1.807, 2.05) is 42.5 Å². The minimum atomic E-state index is -0.293. The van der Waals surface area contributed by atoms with Crippen molar-refractivity contribution in [1.82, 2.24) is 19.7 Å². The summed E-state index contributed by atoms with van der Waals surface area (Å²) in [5.41, 5.74) is 1.03. The fraction of sp³-hybridized carbons (Fsp3) is 0. The van der Waals surface area contributed by atoms with E-state index < -0.39 is 0 Å². The SMILES string of the molecule is O=C(Nc1cccc2ccccc12)c1nc(-n2cnnc2)ccc1Br. The first-order valence-corrected chi connectivity index (χ1v) is 8.32. The van der Waals surface area contributed by atoms with E-state index in [1.165, 1.54) is 12.7 Å². The first kappa shape index (κ1) is 15.5. The van der Waals surface area contributed by atoms with Gasteiger partial charge in [0, 0.05) is 15.5 Å². The molecule has 2 aromatic carbocycles. The van der Waals surface area contributed by atoms with Gasteiger partial charge in [-0.25, -0.2) is 4.98 Å². The van der Waals surface area contributed by atoms with E-state index in [9.17, 15) is 4.79 Å². The molecular weight excluding hydrogens is 382 g/mol. The Hall–Kier alpha value is -3.06. The maximum absolute atomic E-state index is 12.8. The molecule has 7 heteroatoms. The lowest BCUT2D eigenvalue weighted by Gasteiger charge is -2.10. The van der Waals surface area contributed by atoms with E-state index in [4.69, 9.17) is 0 Å². The summed E-state index contributed by atoms with van der Waals surface area (Å²) in [5, 5.41) is 12.5. The molecule has 2 aromatic heterocycles. The van der Waals surface area contributed by atoms with Crippen molar-refractivity contribution in [1.29, 1.82) is 0 Å². The third-order valence-corrected chi connectivity index (χ3v) is 4.41. The molecule has 0 radical (unpaired) electrons. The van der Waals surface area contributed by atoms with Gasteiger partial charge < -0.3 is 5.32 Å².